The third kappa shape index (κ3) is 1.80. The lowest BCUT2D eigenvalue weighted by Crippen LogP contribution is -2.25. The molecule has 1 aromatic rings. The highest BCUT2D eigenvalue weighted by molar-refractivity contribution is 5.76. The van der Waals surface area contributed by atoms with Gasteiger partial charge in [-0.15, -0.1) is 0 Å². The van der Waals surface area contributed by atoms with Crippen molar-refractivity contribution in [3.8, 4) is 0 Å². The second kappa shape index (κ2) is 3.90. The smallest absolute Gasteiger partial charge is 0.317 e. The normalized spacial score (nSPS) is 20.5. The maximum atomic E-state index is 11.3. The SMILES string of the molecule is CN1C(=O)NCC1c1cccc(CN)c1. The lowest BCUT2D eigenvalue weighted by atomic mass is 10.0. The van der Waals surface area contributed by atoms with Crippen LogP contribution in [0.25, 0.3) is 0 Å². The topological polar surface area (TPSA) is 58.4 Å². The molecule has 80 valence electrons. The standard InChI is InChI=1S/C11H15N3O/c1-14-10(7-13-11(14)15)9-4-2-3-8(5-9)6-12/h2-5,10H,6-7,12H2,1H3,(H,13,15). The minimum absolute atomic E-state index is 0.0156. The number of nitrogens with one attached hydrogen (secondary N) is 1. The van der Waals surface area contributed by atoms with Crippen molar-refractivity contribution in [3.63, 3.8) is 0 Å². The van der Waals surface area contributed by atoms with Crippen molar-refractivity contribution < 1.29 is 4.79 Å². The molecule has 1 aliphatic heterocycles. The number of amides is 2. The van der Waals surface area contributed by atoms with Crippen molar-refractivity contribution in [2.45, 2.75) is 12.6 Å². The molecular weight excluding hydrogens is 190 g/mol. The number of likely N-dealkylation sites (N-methyl/N-ethyl adjacent to an activating group) is 1. The molecule has 2 amide bonds. The predicted octanol–water partition coefficient (Wildman–Crippen LogP) is 0.841. The first-order valence-electron chi connectivity index (χ1n) is 5.02. The van der Waals surface area contributed by atoms with Crippen molar-refractivity contribution in [1.82, 2.24) is 10.2 Å². The molecule has 2 rings (SSSR count). The second-order valence-corrected chi connectivity index (χ2v) is 3.76. The molecule has 1 atom stereocenters. The van der Waals surface area contributed by atoms with Crippen LogP contribution in [0.2, 0.25) is 0 Å². The zero-order valence-electron chi connectivity index (χ0n) is 8.73. The number of hydrogen-bond donors (Lipinski definition) is 2. The Hall–Kier alpha value is -1.55. The van der Waals surface area contributed by atoms with Crippen LogP contribution in [-0.2, 0) is 6.54 Å². The molecule has 0 radical (unpaired) electrons. The van der Waals surface area contributed by atoms with Crippen molar-refractivity contribution in [2.75, 3.05) is 13.6 Å². The molecule has 1 fully saturated rings. The summed E-state index contributed by atoms with van der Waals surface area (Å²) in [6.45, 7) is 1.20. The molecule has 1 aromatic carbocycles. The average Bonchev–Trinajstić information content (AvgIpc) is 2.60. The van der Waals surface area contributed by atoms with E-state index in [9.17, 15) is 4.79 Å². The van der Waals surface area contributed by atoms with E-state index < -0.39 is 0 Å². The number of hydrogen-bond acceptors (Lipinski definition) is 2. The fourth-order valence-electron chi connectivity index (χ4n) is 1.86. The van der Waals surface area contributed by atoms with Gasteiger partial charge in [0.15, 0.2) is 0 Å². The maximum Gasteiger partial charge on any atom is 0.317 e. The van der Waals surface area contributed by atoms with Crippen molar-refractivity contribution >= 4 is 6.03 Å². The van der Waals surface area contributed by atoms with Crippen LogP contribution in [0.15, 0.2) is 24.3 Å². The molecule has 0 aromatic heterocycles. The van der Waals surface area contributed by atoms with Gasteiger partial charge in [0, 0.05) is 20.1 Å². The van der Waals surface area contributed by atoms with Gasteiger partial charge in [0.05, 0.1) is 6.04 Å². The highest BCUT2D eigenvalue weighted by atomic mass is 16.2. The Morgan fingerprint density at radius 3 is 3.00 bits per heavy atom. The molecule has 0 bridgehead atoms. The summed E-state index contributed by atoms with van der Waals surface area (Å²) in [7, 11) is 1.81. The Bertz CT molecular complexity index is 378. The van der Waals surface area contributed by atoms with Crippen LogP contribution >= 0.6 is 0 Å². The number of nitrogens with two attached hydrogens (primary N) is 1. The Labute approximate surface area is 89.1 Å². The van der Waals surface area contributed by atoms with Crippen molar-refractivity contribution in [2.24, 2.45) is 5.73 Å². The minimum Gasteiger partial charge on any atom is -0.336 e. The summed E-state index contributed by atoms with van der Waals surface area (Å²) in [5, 5.41) is 2.81. The average molecular weight is 205 g/mol. The molecule has 1 saturated heterocycles. The molecule has 1 heterocycles. The molecular formula is C11H15N3O. The summed E-state index contributed by atoms with van der Waals surface area (Å²) < 4.78 is 0. The minimum atomic E-state index is -0.0156. The summed E-state index contributed by atoms with van der Waals surface area (Å²) in [5.41, 5.74) is 7.82. The fourth-order valence-corrected chi connectivity index (χ4v) is 1.86. The Morgan fingerprint density at radius 2 is 2.40 bits per heavy atom. The Balaban J connectivity index is 2.26. The van der Waals surface area contributed by atoms with Gasteiger partial charge >= 0.3 is 6.03 Å². The molecule has 4 heteroatoms. The van der Waals surface area contributed by atoms with Crippen LogP contribution in [0.1, 0.15) is 17.2 Å². The number of urea groups is 1. The first-order valence-corrected chi connectivity index (χ1v) is 5.02. The van der Waals surface area contributed by atoms with Gasteiger partial charge in [-0.05, 0) is 11.1 Å². The van der Waals surface area contributed by atoms with E-state index in [-0.39, 0.29) is 12.1 Å². The van der Waals surface area contributed by atoms with Gasteiger partial charge in [-0.3, -0.25) is 0 Å². The number of rotatable bonds is 2. The molecule has 15 heavy (non-hydrogen) atoms. The van der Waals surface area contributed by atoms with E-state index in [2.05, 4.69) is 11.4 Å². The zero-order chi connectivity index (χ0) is 10.8. The Kier molecular flexibility index (Phi) is 2.60. The van der Waals surface area contributed by atoms with Crippen molar-refractivity contribution in [3.05, 3.63) is 35.4 Å². The monoisotopic (exact) mass is 205 g/mol. The van der Waals surface area contributed by atoms with E-state index in [0.29, 0.717) is 13.1 Å². The number of carbonyl (C=O) groups excluding carboxylic acids is 1. The van der Waals surface area contributed by atoms with E-state index in [0.717, 1.165) is 11.1 Å². The van der Waals surface area contributed by atoms with E-state index in [1.165, 1.54) is 0 Å². The van der Waals surface area contributed by atoms with E-state index in [1.54, 1.807) is 4.90 Å². The van der Waals surface area contributed by atoms with Crippen LogP contribution < -0.4 is 11.1 Å². The van der Waals surface area contributed by atoms with Crippen LogP contribution in [0.3, 0.4) is 0 Å². The Morgan fingerprint density at radius 1 is 1.60 bits per heavy atom. The third-order valence-electron chi connectivity index (χ3n) is 2.81. The van der Waals surface area contributed by atoms with Gasteiger partial charge in [0.25, 0.3) is 0 Å². The van der Waals surface area contributed by atoms with Gasteiger partial charge in [-0.1, -0.05) is 24.3 Å². The number of nitrogens with zero attached hydrogens (tertiary/aromatic N) is 1. The predicted molar refractivity (Wildman–Crippen MR) is 58.2 cm³/mol. The third-order valence-corrected chi connectivity index (χ3v) is 2.81. The van der Waals surface area contributed by atoms with Crippen molar-refractivity contribution in [1.29, 1.82) is 0 Å². The van der Waals surface area contributed by atoms with E-state index in [1.807, 2.05) is 25.2 Å². The molecule has 1 aliphatic rings. The van der Waals surface area contributed by atoms with E-state index >= 15 is 0 Å². The summed E-state index contributed by atoms with van der Waals surface area (Å²) in [6.07, 6.45) is 0. The maximum absolute atomic E-state index is 11.3. The van der Waals surface area contributed by atoms with Gasteiger partial charge in [-0.25, -0.2) is 4.79 Å². The van der Waals surface area contributed by atoms with Crippen LogP contribution in [0, 0.1) is 0 Å². The highest BCUT2D eigenvalue weighted by Gasteiger charge is 2.28. The van der Waals surface area contributed by atoms with Crippen LogP contribution in [0.5, 0.6) is 0 Å². The summed E-state index contributed by atoms with van der Waals surface area (Å²) >= 11 is 0. The second-order valence-electron chi connectivity index (χ2n) is 3.76. The van der Waals surface area contributed by atoms with Crippen LogP contribution in [0.4, 0.5) is 4.79 Å². The van der Waals surface area contributed by atoms with Gasteiger partial charge in [0.1, 0.15) is 0 Å². The van der Waals surface area contributed by atoms with Gasteiger partial charge < -0.3 is 16.0 Å². The molecule has 0 saturated carbocycles. The fraction of sp³-hybridized carbons (Fsp3) is 0.364. The highest BCUT2D eigenvalue weighted by Crippen LogP contribution is 2.23. The summed E-state index contributed by atoms with van der Waals surface area (Å²) in [5.74, 6) is 0. The largest absolute Gasteiger partial charge is 0.336 e. The first kappa shape index (κ1) is 9.98. The van der Waals surface area contributed by atoms with Gasteiger partial charge in [0.2, 0.25) is 0 Å². The molecule has 0 aliphatic carbocycles. The van der Waals surface area contributed by atoms with E-state index in [4.69, 9.17) is 5.73 Å². The van der Waals surface area contributed by atoms with Gasteiger partial charge in [-0.2, -0.15) is 0 Å². The number of carbonyl (C=O) groups is 1. The molecule has 4 nitrogen and oxygen atoms in total. The lowest BCUT2D eigenvalue weighted by molar-refractivity contribution is 0.217. The summed E-state index contributed by atoms with van der Waals surface area (Å²) in [6, 6.07) is 8.17. The first-order chi connectivity index (χ1) is 7.22. The summed E-state index contributed by atoms with van der Waals surface area (Å²) in [4.78, 5) is 13.0. The number of benzene rings is 1. The lowest BCUT2D eigenvalue weighted by Gasteiger charge is -2.18. The molecule has 1 unspecified atom stereocenters. The quantitative estimate of drug-likeness (QED) is 0.751. The van der Waals surface area contributed by atoms with Crippen LogP contribution in [-0.4, -0.2) is 24.5 Å². The molecule has 3 N–H and O–H groups in total. The zero-order valence-corrected chi connectivity index (χ0v) is 8.73. The molecule has 0 spiro atoms.